The molecule has 0 aliphatic rings. The van der Waals surface area contributed by atoms with Crippen LogP contribution in [-0.4, -0.2) is 88.6 Å². The monoisotopic (exact) mass is 581 g/mol. The average Bonchev–Trinajstić information content (AvgIpc) is 2.90. The zero-order valence-corrected chi connectivity index (χ0v) is 23.2. The molecule has 4 unspecified atom stereocenters. The van der Waals surface area contributed by atoms with E-state index < -0.39 is 53.8 Å². The molecule has 15 heteroatoms. The molecule has 1 rings (SSSR count). The number of carbonyl (C=O) groups is 5. The van der Waals surface area contributed by atoms with Crippen LogP contribution in [0.1, 0.15) is 37.7 Å². The van der Waals surface area contributed by atoms with Crippen molar-refractivity contribution >= 4 is 47.4 Å². The average molecular weight is 582 g/mol. The van der Waals surface area contributed by atoms with Gasteiger partial charge in [-0.3, -0.25) is 24.2 Å². The van der Waals surface area contributed by atoms with Gasteiger partial charge in [-0.25, -0.2) is 4.79 Å². The third-order valence-corrected chi connectivity index (χ3v) is 6.37. The molecule has 1 aromatic carbocycles. The van der Waals surface area contributed by atoms with Crippen molar-refractivity contribution in [2.24, 2.45) is 22.2 Å². The van der Waals surface area contributed by atoms with E-state index in [2.05, 4.69) is 20.9 Å². The molecule has 0 saturated heterocycles. The van der Waals surface area contributed by atoms with E-state index in [4.69, 9.17) is 22.3 Å². The van der Waals surface area contributed by atoms with Crippen LogP contribution in [0.25, 0.3) is 0 Å². The number of thioether (sulfide) groups is 1. The van der Waals surface area contributed by atoms with E-state index in [1.165, 1.54) is 11.8 Å². The molecule has 222 valence electrons. The molecule has 0 aliphatic carbocycles. The summed E-state index contributed by atoms with van der Waals surface area (Å²) in [5.41, 5.74) is 17.2. The Morgan fingerprint density at radius 2 is 1.45 bits per heavy atom. The molecule has 0 aliphatic heterocycles. The maximum atomic E-state index is 13.2. The molecule has 40 heavy (non-hydrogen) atoms. The number of amides is 3. The third-order valence-electron chi connectivity index (χ3n) is 5.73. The summed E-state index contributed by atoms with van der Waals surface area (Å²) in [7, 11) is 0. The second-order valence-corrected chi connectivity index (χ2v) is 9.97. The Kier molecular flexibility index (Phi) is 15.8. The van der Waals surface area contributed by atoms with Crippen LogP contribution in [0, 0.1) is 0 Å². The van der Waals surface area contributed by atoms with Gasteiger partial charge in [-0.1, -0.05) is 30.3 Å². The fourth-order valence-corrected chi connectivity index (χ4v) is 4.03. The van der Waals surface area contributed by atoms with Crippen LogP contribution in [0.5, 0.6) is 0 Å². The number of nitrogens with two attached hydrogens (primary N) is 3. The predicted octanol–water partition coefficient (Wildman–Crippen LogP) is -1.23. The van der Waals surface area contributed by atoms with E-state index in [1.807, 2.05) is 6.26 Å². The molecule has 0 heterocycles. The summed E-state index contributed by atoms with van der Waals surface area (Å²) in [4.78, 5) is 65.5. The Labute approximate surface area is 236 Å². The Balaban J connectivity index is 3.04. The molecule has 14 nitrogen and oxygen atoms in total. The number of hydrogen-bond donors (Lipinski definition) is 8. The molecule has 0 aromatic heterocycles. The van der Waals surface area contributed by atoms with Gasteiger partial charge >= 0.3 is 11.9 Å². The van der Waals surface area contributed by atoms with Crippen molar-refractivity contribution in [3.05, 3.63) is 35.9 Å². The normalized spacial score (nSPS) is 13.7. The number of aliphatic imine (C=N–C) groups is 1. The first-order valence-electron chi connectivity index (χ1n) is 12.6. The number of nitrogens with zero attached hydrogens (tertiary/aromatic N) is 1. The van der Waals surface area contributed by atoms with Crippen LogP contribution in [0.2, 0.25) is 0 Å². The first kappa shape index (κ1) is 34.2. The largest absolute Gasteiger partial charge is 0.481 e. The van der Waals surface area contributed by atoms with E-state index in [0.717, 1.165) is 0 Å². The lowest BCUT2D eigenvalue weighted by atomic mass is 10.0. The highest BCUT2D eigenvalue weighted by Crippen LogP contribution is 2.08. The van der Waals surface area contributed by atoms with E-state index in [-0.39, 0.29) is 51.0 Å². The molecule has 0 spiro atoms. The lowest BCUT2D eigenvalue weighted by Crippen LogP contribution is -2.57. The number of carboxylic acid groups (broad SMARTS) is 2. The van der Waals surface area contributed by atoms with Crippen molar-refractivity contribution in [3.63, 3.8) is 0 Å². The number of carbonyl (C=O) groups excluding carboxylic acids is 3. The van der Waals surface area contributed by atoms with Gasteiger partial charge in [0.25, 0.3) is 0 Å². The lowest BCUT2D eigenvalue weighted by Gasteiger charge is -2.25. The summed E-state index contributed by atoms with van der Waals surface area (Å²) in [5.74, 6) is -4.12. The minimum Gasteiger partial charge on any atom is -0.481 e. The van der Waals surface area contributed by atoms with E-state index >= 15 is 0 Å². The predicted molar refractivity (Wildman–Crippen MR) is 151 cm³/mol. The number of aliphatic carboxylic acids is 2. The number of benzene rings is 1. The molecule has 0 fully saturated rings. The van der Waals surface area contributed by atoms with Gasteiger partial charge in [-0.05, 0) is 43.3 Å². The number of carboxylic acids is 2. The fraction of sp³-hybridized carbons (Fsp3) is 0.520. The van der Waals surface area contributed by atoms with Gasteiger partial charge < -0.3 is 43.4 Å². The topological polar surface area (TPSA) is 252 Å². The standard InChI is InChI=1S/C25H39N7O7S/c1-40-13-11-18(30-21(35)16(26)9-10-20(33)34)23(37)31-17(8-5-12-29-25(27)28)22(36)32-19(24(38)39)14-15-6-3-2-4-7-15/h2-4,6-7,16-19H,5,8-14,26H2,1H3,(H,30,35)(H,31,37)(H,32,36)(H,33,34)(H,38,39)(H4,27,28,29). The lowest BCUT2D eigenvalue weighted by molar-refractivity contribution is -0.142. The first-order valence-corrected chi connectivity index (χ1v) is 14.0. The van der Waals surface area contributed by atoms with Crippen molar-refractivity contribution in [2.45, 2.75) is 62.7 Å². The van der Waals surface area contributed by atoms with Crippen LogP contribution in [-0.2, 0) is 30.4 Å². The van der Waals surface area contributed by atoms with Crippen molar-refractivity contribution in [1.29, 1.82) is 0 Å². The highest BCUT2D eigenvalue weighted by atomic mass is 32.2. The van der Waals surface area contributed by atoms with Gasteiger partial charge in [0.15, 0.2) is 5.96 Å². The van der Waals surface area contributed by atoms with Gasteiger partial charge in [0, 0.05) is 19.4 Å². The van der Waals surface area contributed by atoms with Gasteiger partial charge in [-0.15, -0.1) is 0 Å². The van der Waals surface area contributed by atoms with E-state index in [9.17, 15) is 29.1 Å². The van der Waals surface area contributed by atoms with Crippen LogP contribution >= 0.6 is 11.8 Å². The van der Waals surface area contributed by atoms with Crippen LogP contribution in [0.3, 0.4) is 0 Å². The molecular formula is C25H39N7O7S. The van der Waals surface area contributed by atoms with Crippen molar-refractivity contribution in [2.75, 3.05) is 18.6 Å². The molecule has 0 bridgehead atoms. The van der Waals surface area contributed by atoms with Gasteiger partial charge in [-0.2, -0.15) is 11.8 Å². The van der Waals surface area contributed by atoms with Crippen molar-refractivity contribution in [1.82, 2.24) is 16.0 Å². The zero-order chi connectivity index (χ0) is 30.1. The molecule has 0 radical (unpaired) electrons. The number of hydrogen-bond acceptors (Lipinski definition) is 8. The Hall–Kier alpha value is -3.85. The number of nitrogens with one attached hydrogen (secondary N) is 3. The minimum atomic E-state index is -1.26. The summed E-state index contributed by atoms with van der Waals surface area (Å²) in [6.45, 7) is 0.166. The summed E-state index contributed by atoms with van der Waals surface area (Å²) in [5, 5.41) is 26.1. The zero-order valence-electron chi connectivity index (χ0n) is 22.4. The smallest absolute Gasteiger partial charge is 0.326 e. The summed E-state index contributed by atoms with van der Waals surface area (Å²) in [6, 6.07) is 4.12. The van der Waals surface area contributed by atoms with Crippen LogP contribution in [0.4, 0.5) is 0 Å². The molecule has 1 aromatic rings. The first-order chi connectivity index (χ1) is 18.9. The second-order valence-electron chi connectivity index (χ2n) is 8.98. The Morgan fingerprint density at radius 1 is 0.875 bits per heavy atom. The summed E-state index contributed by atoms with van der Waals surface area (Å²) >= 11 is 1.43. The quantitative estimate of drug-likeness (QED) is 0.0545. The molecule has 3 amide bonds. The molecule has 11 N–H and O–H groups in total. The molecule has 0 saturated carbocycles. The second kappa shape index (κ2) is 18.4. The SMILES string of the molecule is CSCCC(NC(=O)C(N)CCC(=O)O)C(=O)NC(CCCN=C(N)N)C(=O)NC(Cc1ccccc1)C(=O)O. The summed E-state index contributed by atoms with van der Waals surface area (Å²) < 4.78 is 0. The van der Waals surface area contributed by atoms with Crippen molar-refractivity contribution < 1.29 is 34.2 Å². The van der Waals surface area contributed by atoms with Crippen LogP contribution < -0.4 is 33.2 Å². The van der Waals surface area contributed by atoms with E-state index in [1.54, 1.807) is 30.3 Å². The van der Waals surface area contributed by atoms with Gasteiger partial charge in [0.1, 0.15) is 18.1 Å². The Morgan fingerprint density at radius 3 is 2.00 bits per heavy atom. The third kappa shape index (κ3) is 13.8. The molecular weight excluding hydrogens is 542 g/mol. The van der Waals surface area contributed by atoms with Gasteiger partial charge in [0.2, 0.25) is 17.7 Å². The maximum Gasteiger partial charge on any atom is 0.326 e. The number of guanidine groups is 1. The number of rotatable bonds is 19. The summed E-state index contributed by atoms with van der Waals surface area (Å²) in [6.07, 6.45) is 1.97. The highest BCUT2D eigenvalue weighted by Gasteiger charge is 2.30. The Bertz CT molecular complexity index is 1020. The van der Waals surface area contributed by atoms with E-state index in [0.29, 0.717) is 11.3 Å². The van der Waals surface area contributed by atoms with Gasteiger partial charge in [0.05, 0.1) is 6.04 Å². The van der Waals surface area contributed by atoms with Crippen LogP contribution in [0.15, 0.2) is 35.3 Å². The van der Waals surface area contributed by atoms with Crippen molar-refractivity contribution in [3.8, 4) is 0 Å². The molecule has 4 atom stereocenters. The fourth-order valence-electron chi connectivity index (χ4n) is 3.56. The maximum absolute atomic E-state index is 13.2. The minimum absolute atomic E-state index is 0.0250. The highest BCUT2D eigenvalue weighted by molar-refractivity contribution is 7.98.